The zero-order valence-corrected chi connectivity index (χ0v) is 19.8. The molecular formula is C25H31ClO6. The van der Waals surface area contributed by atoms with Gasteiger partial charge in [0.05, 0.1) is 6.10 Å². The first kappa shape index (κ1) is 22.3. The minimum atomic E-state index is -1.74. The lowest BCUT2D eigenvalue weighted by Crippen LogP contribution is -2.64. The summed E-state index contributed by atoms with van der Waals surface area (Å²) in [5.41, 5.74) is -3.58. The molecule has 5 aliphatic rings. The van der Waals surface area contributed by atoms with Gasteiger partial charge < -0.3 is 14.6 Å². The maximum atomic E-state index is 13.4. The Labute approximate surface area is 193 Å². The molecular weight excluding hydrogens is 432 g/mol. The summed E-state index contributed by atoms with van der Waals surface area (Å²) in [5, 5.41) is 10.1. The Balaban J connectivity index is 1.61. The van der Waals surface area contributed by atoms with Gasteiger partial charge in [0.1, 0.15) is 5.60 Å². The van der Waals surface area contributed by atoms with Crippen LogP contribution in [0.5, 0.6) is 0 Å². The van der Waals surface area contributed by atoms with Crippen molar-refractivity contribution in [1.82, 2.24) is 0 Å². The number of esters is 1. The van der Waals surface area contributed by atoms with Crippen LogP contribution < -0.4 is 0 Å². The molecule has 174 valence electrons. The number of aliphatic hydroxyl groups excluding tert-OH is 1. The van der Waals surface area contributed by atoms with Gasteiger partial charge in [0.2, 0.25) is 5.78 Å². The molecule has 32 heavy (non-hydrogen) atoms. The van der Waals surface area contributed by atoms with Gasteiger partial charge in [0, 0.05) is 23.2 Å². The molecule has 0 radical (unpaired) electrons. The molecule has 0 aromatic carbocycles. The zero-order valence-electron chi connectivity index (χ0n) is 19.0. The standard InChI is InChI=1S/C25H31ClO6/c1-5-19(28)32-24(20(29)21(26)30)13(2)10-17-16-7-6-14-11-15(27)8-9-22(14,3)25(16)18(31-25)12-23(17,24)4/h8-9,11,13,16-18,21,30H,5-7,10,12H2,1-4H3/t13?,16-,17-,18?,21?,22-,23-,24-,25-/m0/s1. The molecule has 7 heteroatoms. The van der Waals surface area contributed by atoms with Crippen LogP contribution in [0.15, 0.2) is 23.8 Å². The van der Waals surface area contributed by atoms with Crippen LogP contribution in [0.1, 0.15) is 59.8 Å². The summed E-state index contributed by atoms with van der Waals surface area (Å²) in [6, 6.07) is 0. The number of halogens is 1. The lowest BCUT2D eigenvalue weighted by Gasteiger charge is -2.56. The van der Waals surface area contributed by atoms with Gasteiger partial charge in [-0.15, -0.1) is 0 Å². The summed E-state index contributed by atoms with van der Waals surface area (Å²) in [6.45, 7) is 7.80. The van der Waals surface area contributed by atoms with Crippen molar-refractivity contribution in [3.8, 4) is 0 Å². The molecule has 0 bridgehead atoms. The fourth-order valence-electron chi connectivity index (χ4n) is 8.19. The second-order valence-corrected chi connectivity index (χ2v) is 11.2. The van der Waals surface area contributed by atoms with E-state index >= 15 is 0 Å². The number of hydrogen-bond donors (Lipinski definition) is 1. The topological polar surface area (TPSA) is 93.2 Å². The molecule has 6 nitrogen and oxygen atoms in total. The Bertz CT molecular complexity index is 969. The molecule has 1 N–H and O–H groups in total. The zero-order chi connectivity index (χ0) is 23.3. The van der Waals surface area contributed by atoms with Crippen LogP contribution >= 0.6 is 11.6 Å². The first-order valence-electron chi connectivity index (χ1n) is 11.7. The molecule has 1 heterocycles. The van der Waals surface area contributed by atoms with E-state index in [1.807, 2.05) is 19.9 Å². The normalized spacial score (nSPS) is 49.2. The van der Waals surface area contributed by atoms with E-state index in [9.17, 15) is 19.5 Å². The number of rotatable bonds is 4. The van der Waals surface area contributed by atoms with Crippen LogP contribution in [0.2, 0.25) is 0 Å². The van der Waals surface area contributed by atoms with Crippen LogP contribution in [-0.4, -0.2) is 45.5 Å². The average Bonchev–Trinajstić information content (AvgIpc) is 3.41. The number of allylic oxidation sites excluding steroid dienone is 2. The van der Waals surface area contributed by atoms with E-state index in [2.05, 4.69) is 6.92 Å². The van der Waals surface area contributed by atoms with Crippen molar-refractivity contribution in [2.75, 3.05) is 0 Å². The van der Waals surface area contributed by atoms with E-state index in [1.54, 1.807) is 19.1 Å². The van der Waals surface area contributed by atoms with Crippen LogP contribution in [-0.2, 0) is 23.9 Å². The van der Waals surface area contributed by atoms with E-state index in [0.29, 0.717) is 12.8 Å². The number of fused-ring (bicyclic) bond motifs is 3. The number of hydrogen-bond acceptors (Lipinski definition) is 6. The number of ketones is 2. The Hall–Kier alpha value is -1.50. The van der Waals surface area contributed by atoms with Crippen LogP contribution in [0, 0.1) is 28.6 Å². The van der Waals surface area contributed by atoms with Crippen molar-refractivity contribution in [2.24, 2.45) is 28.6 Å². The third-order valence-corrected chi connectivity index (χ3v) is 9.82. The number of aliphatic hydroxyl groups is 1. The van der Waals surface area contributed by atoms with E-state index in [-0.39, 0.29) is 41.5 Å². The maximum absolute atomic E-state index is 13.4. The number of Topliss-reactive ketones (excluding diaryl/α,β-unsaturated/α-hetero) is 1. The summed E-state index contributed by atoms with van der Waals surface area (Å²) in [5.74, 6) is -1.14. The fourth-order valence-corrected chi connectivity index (χ4v) is 8.35. The maximum Gasteiger partial charge on any atom is 0.306 e. The van der Waals surface area contributed by atoms with E-state index < -0.39 is 33.9 Å². The van der Waals surface area contributed by atoms with E-state index in [0.717, 1.165) is 18.4 Å². The molecule has 9 atom stereocenters. The van der Waals surface area contributed by atoms with E-state index in [4.69, 9.17) is 21.1 Å². The number of alkyl halides is 1. The summed E-state index contributed by atoms with van der Waals surface area (Å²) >= 11 is 5.93. The minimum absolute atomic E-state index is 0.0202. The largest absolute Gasteiger partial charge is 0.450 e. The van der Waals surface area contributed by atoms with Crippen molar-refractivity contribution < 1.29 is 29.0 Å². The SMILES string of the molecule is CCC(=O)O[C@]1(C(=O)C(O)Cl)C(C)C[C@H]2[C@@H]3CCC4=CC(=O)C=C[C@]4(C)[C@]34OC4C[C@@]21C. The molecule has 3 unspecified atom stereocenters. The first-order chi connectivity index (χ1) is 15.0. The molecule has 0 aromatic heterocycles. The van der Waals surface area contributed by atoms with Crippen LogP contribution in [0.25, 0.3) is 0 Å². The highest BCUT2D eigenvalue weighted by atomic mass is 35.5. The van der Waals surface area contributed by atoms with Gasteiger partial charge in [-0.1, -0.05) is 44.0 Å². The highest BCUT2D eigenvalue weighted by Crippen LogP contribution is 2.77. The van der Waals surface area contributed by atoms with Crippen LogP contribution in [0.3, 0.4) is 0 Å². The van der Waals surface area contributed by atoms with Gasteiger partial charge in [0.25, 0.3) is 0 Å². The lowest BCUT2D eigenvalue weighted by atomic mass is 9.46. The number of carbonyl (C=O) groups excluding carboxylic acids is 3. The highest BCUT2D eigenvalue weighted by Gasteiger charge is 2.83. The summed E-state index contributed by atoms with van der Waals surface area (Å²) in [7, 11) is 0. The molecule has 0 aromatic rings. The summed E-state index contributed by atoms with van der Waals surface area (Å²) in [4.78, 5) is 38.0. The molecule has 1 spiro atoms. The monoisotopic (exact) mass is 462 g/mol. The molecule has 5 rings (SSSR count). The minimum Gasteiger partial charge on any atom is -0.450 e. The average molecular weight is 463 g/mol. The fraction of sp³-hybridized carbons (Fsp3) is 0.720. The molecule has 1 saturated heterocycles. The van der Waals surface area contributed by atoms with Crippen molar-refractivity contribution in [3.63, 3.8) is 0 Å². The highest BCUT2D eigenvalue weighted by molar-refractivity contribution is 6.31. The number of ether oxygens (including phenoxy) is 2. The quantitative estimate of drug-likeness (QED) is 0.390. The van der Waals surface area contributed by atoms with Gasteiger partial charge in [-0.25, -0.2) is 0 Å². The summed E-state index contributed by atoms with van der Waals surface area (Å²) in [6.07, 6.45) is 8.30. The second kappa shape index (κ2) is 6.77. The third-order valence-electron chi connectivity index (χ3n) is 9.62. The van der Waals surface area contributed by atoms with Gasteiger partial charge in [-0.2, -0.15) is 0 Å². The lowest BCUT2D eigenvalue weighted by molar-refractivity contribution is -0.194. The molecule has 4 aliphatic carbocycles. The third kappa shape index (κ3) is 2.41. The van der Waals surface area contributed by atoms with Gasteiger partial charge in [-0.3, -0.25) is 14.4 Å². The molecule has 3 saturated carbocycles. The predicted molar refractivity (Wildman–Crippen MR) is 117 cm³/mol. The van der Waals surface area contributed by atoms with Crippen molar-refractivity contribution >= 4 is 29.1 Å². The molecule has 0 amide bonds. The second-order valence-electron chi connectivity index (χ2n) is 10.8. The van der Waals surface area contributed by atoms with Gasteiger partial charge in [-0.05, 0) is 56.6 Å². The molecule has 1 aliphatic heterocycles. The number of epoxide rings is 1. The van der Waals surface area contributed by atoms with Gasteiger partial charge >= 0.3 is 5.97 Å². The van der Waals surface area contributed by atoms with Crippen LogP contribution in [0.4, 0.5) is 0 Å². The Kier molecular flexibility index (Phi) is 4.72. The van der Waals surface area contributed by atoms with E-state index in [1.165, 1.54) is 0 Å². The smallest absolute Gasteiger partial charge is 0.306 e. The Morgan fingerprint density at radius 1 is 1.34 bits per heavy atom. The van der Waals surface area contributed by atoms with Crippen molar-refractivity contribution in [2.45, 2.75) is 82.7 Å². The predicted octanol–water partition coefficient (Wildman–Crippen LogP) is 3.49. The van der Waals surface area contributed by atoms with Crippen molar-refractivity contribution in [1.29, 1.82) is 0 Å². The number of carbonyl (C=O) groups is 3. The first-order valence-corrected chi connectivity index (χ1v) is 12.1. The van der Waals surface area contributed by atoms with Crippen molar-refractivity contribution in [3.05, 3.63) is 23.8 Å². The summed E-state index contributed by atoms with van der Waals surface area (Å²) < 4.78 is 12.5. The Morgan fingerprint density at radius 2 is 2.06 bits per heavy atom. The molecule has 4 fully saturated rings. The Morgan fingerprint density at radius 3 is 2.72 bits per heavy atom. The van der Waals surface area contributed by atoms with Gasteiger partial charge in [0.15, 0.2) is 16.9 Å².